The number of fused-ring (bicyclic) bond motifs is 1. The Hall–Kier alpha value is -2.70. The summed E-state index contributed by atoms with van der Waals surface area (Å²) in [6, 6.07) is 0.966. The minimum atomic E-state index is -1.21. The van der Waals surface area contributed by atoms with Crippen LogP contribution in [0.2, 0.25) is 25.7 Å². The van der Waals surface area contributed by atoms with Crippen molar-refractivity contribution in [1.29, 1.82) is 0 Å². The highest BCUT2D eigenvalue weighted by atomic mass is 28.3. The summed E-state index contributed by atoms with van der Waals surface area (Å²) >= 11 is 0. The Morgan fingerprint density at radius 2 is 1.97 bits per heavy atom. The van der Waals surface area contributed by atoms with Crippen molar-refractivity contribution in [1.82, 2.24) is 24.8 Å². The van der Waals surface area contributed by atoms with Gasteiger partial charge in [-0.1, -0.05) is 19.6 Å². The van der Waals surface area contributed by atoms with Crippen molar-refractivity contribution in [3.8, 4) is 0 Å². The van der Waals surface area contributed by atoms with E-state index in [4.69, 9.17) is 19.2 Å². The Kier molecular flexibility index (Phi) is 9.77. The van der Waals surface area contributed by atoms with E-state index >= 15 is 0 Å². The second-order valence-electron chi connectivity index (χ2n) is 11.9. The fourth-order valence-corrected chi connectivity index (χ4v) is 4.94. The molecule has 3 heterocycles. The number of piperidine rings is 1. The topological polar surface area (TPSA) is 120 Å². The standard InChI is InChI=1S/C26H44N6O5Si/c1-9-27-24(33)18-15-32(17-36-12-13-38(6,7)8)23-22(18)30-21(14-28-23)29-19-10-11-31(16-20(19)35-5)25(34)37-26(2,3)4/h14-15,19-20H,9-13,16-17H2,1-8H3,(H,27,33)(H,29,30)/t19?,20-/m1/s1. The number of rotatable bonds is 10. The highest BCUT2D eigenvalue weighted by Crippen LogP contribution is 2.24. The molecule has 1 aliphatic heterocycles. The summed E-state index contributed by atoms with van der Waals surface area (Å²) in [7, 11) is 0.422. The predicted molar refractivity (Wildman–Crippen MR) is 150 cm³/mol. The summed E-state index contributed by atoms with van der Waals surface area (Å²) < 4.78 is 19.0. The fraction of sp³-hybridized carbons (Fsp3) is 0.692. The molecule has 3 rings (SSSR count). The first kappa shape index (κ1) is 29.8. The van der Waals surface area contributed by atoms with Gasteiger partial charge in [-0.05, 0) is 40.2 Å². The number of nitrogens with one attached hydrogen (secondary N) is 2. The molecule has 0 spiro atoms. The van der Waals surface area contributed by atoms with E-state index in [1.807, 2.05) is 32.3 Å². The molecule has 2 atom stereocenters. The lowest BCUT2D eigenvalue weighted by molar-refractivity contribution is -0.0101. The molecule has 2 aromatic heterocycles. The van der Waals surface area contributed by atoms with Crippen LogP contribution in [0.3, 0.4) is 0 Å². The minimum absolute atomic E-state index is 0.0923. The fourth-order valence-electron chi connectivity index (χ4n) is 4.19. The minimum Gasteiger partial charge on any atom is -0.444 e. The number of carbonyl (C=O) groups is 2. The molecule has 1 unspecified atom stereocenters. The predicted octanol–water partition coefficient (Wildman–Crippen LogP) is 3.93. The van der Waals surface area contributed by atoms with E-state index in [1.54, 1.807) is 24.4 Å². The number of ether oxygens (including phenoxy) is 3. The SMILES string of the molecule is CCNC(=O)c1cn(COCC[Si](C)(C)C)c2ncc(NC3CCN(C(=O)OC(C)(C)C)C[C@H]3OC)nc12. The zero-order chi connectivity index (χ0) is 28.1. The quantitative estimate of drug-likeness (QED) is 0.339. The average Bonchev–Trinajstić information content (AvgIpc) is 3.18. The van der Waals surface area contributed by atoms with Gasteiger partial charge in [-0.25, -0.2) is 14.8 Å². The lowest BCUT2D eigenvalue weighted by atomic mass is 10.0. The van der Waals surface area contributed by atoms with Crippen molar-refractivity contribution in [3.05, 3.63) is 18.0 Å². The number of nitrogens with zero attached hydrogens (tertiary/aromatic N) is 4. The molecule has 0 bridgehead atoms. The first-order valence-corrected chi connectivity index (χ1v) is 17.0. The van der Waals surface area contributed by atoms with E-state index in [0.29, 0.717) is 61.9 Å². The van der Waals surface area contributed by atoms with Crippen molar-refractivity contribution >= 4 is 37.1 Å². The smallest absolute Gasteiger partial charge is 0.410 e. The van der Waals surface area contributed by atoms with Crippen molar-refractivity contribution < 1.29 is 23.8 Å². The van der Waals surface area contributed by atoms with E-state index in [-0.39, 0.29) is 24.1 Å². The second-order valence-corrected chi connectivity index (χ2v) is 17.5. The molecule has 212 valence electrons. The van der Waals surface area contributed by atoms with E-state index in [1.165, 1.54) is 0 Å². The lowest BCUT2D eigenvalue weighted by Crippen LogP contribution is -2.53. The number of methoxy groups -OCH3 is 1. The molecule has 11 nitrogen and oxygen atoms in total. The van der Waals surface area contributed by atoms with Crippen LogP contribution in [-0.4, -0.2) is 90.6 Å². The largest absolute Gasteiger partial charge is 0.444 e. The number of likely N-dealkylation sites (tertiary alicyclic amines) is 1. The van der Waals surface area contributed by atoms with Crippen LogP contribution in [-0.2, 0) is 20.9 Å². The Labute approximate surface area is 226 Å². The maximum atomic E-state index is 12.8. The van der Waals surface area contributed by atoms with Gasteiger partial charge >= 0.3 is 6.09 Å². The van der Waals surface area contributed by atoms with Crippen LogP contribution in [0.25, 0.3) is 11.2 Å². The van der Waals surface area contributed by atoms with Crippen LogP contribution in [0.4, 0.5) is 10.6 Å². The molecule has 0 aliphatic carbocycles. The Bertz CT molecular complexity index is 1110. The third-order valence-corrected chi connectivity index (χ3v) is 7.93. The van der Waals surface area contributed by atoms with Gasteiger partial charge in [-0.3, -0.25) is 4.79 Å². The summed E-state index contributed by atoms with van der Waals surface area (Å²) in [6.07, 6.45) is 3.45. The molecule has 2 amide bonds. The van der Waals surface area contributed by atoms with Crippen molar-refractivity contribution in [3.63, 3.8) is 0 Å². The zero-order valence-electron chi connectivity index (χ0n) is 24.1. The number of hydrogen-bond donors (Lipinski definition) is 2. The third kappa shape index (κ3) is 8.15. The molecule has 0 aromatic carbocycles. The van der Waals surface area contributed by atoms with Gasteiger partial charge in [0.2, 0.25) is 0 Å². The van der Waals surface area contributed by atoms with Crippen molar-refractivity contribution in [2.75, 3.05) is 38.7 Å². The van der Waals surface area contributed by atoms with E-state index in [0.717, 1.165) is 6.04 Å². The van der Waals surface area contributed by atoms with Crippen molar-refractivity contribution in [2.24, 2.45) is 0 Å². The zero-order valence-corrected chi connectivity index (χ0v) is 25.1. The van der Waals surface area contributed by atoms with E-state index in [9.17, 15) is 9.59 Å². The number of carbonyl (C=O) groups excluding carboxylic acids is 2. The van der Waals surface area contributed by atoms with Crippen LogP contribution in [0.5, 0.6) is 0 Å². The second kappa shape index (κ2) is 12.4. The van der Waals surface area contributed by atoms with Gasteiger partial charge < -0.3 is 34.3 Å². The summed E-state index contributed by atoms with van der Waals surface area (Å²) in [5.74, 6) is 0.337. The van der Waals surface area contributed by atoms with Gasteiger partial charge in [0.15, 0.2) is 5.65 Å². The van der Waals surface area contributed by atoms with Gasteiger partial charge in [0.05, 0.1) is 30.5 Å². The Morgan fingerprint density at radius 3 is 2.61 bits per heavy atom. The van der Waals surface area contributed by atoms with Crippen LogP contribution < -0.4 is 10.6 Å². The Balaban J connectivity index is 1.76. The molecule has 2 aromatic rings. The molecule has 1 fully saturated rings. The monoisotopic (exact) mass is 548 g/mol. The highest BCUT2D eigenvalue weighted by molar-refractivity contribution is 6.76. The van der Waals surface area contributed by atoms with Gasteiger partial charge in [-0.15, -0.1) is 0 Å². The lowest BCUT2D eigenvalue weighted by Gasteiger charge is -2.38. The van der Waals surface area contributed by atoms with Crippen LogP contribution >= 0.6 is 0 Å². The molecule has 0 radical (unpaired) electrons. The van der Waals surface area contributed by atoms with Gasteiger partial charge in [0.25, 0.3) is 5.91 Å². The van der Waals surface area contributed by atoms with Crippen molar-refractivity contribution in [2.45, 2.75) is 84.3 Å². The highest BCUT2D eigenvalue weighted by Gasteiger charge is 2.34. The number of aromatic nitrogens is 3. The Morgan fingerprint density at radius 1 is 1.24 bits per heavy atom. The molecule has 38 heavy (non-hydrogen) atoms. The van der Waals surface area contributed by atoms with Gasteiger partial charge in [0.1, 0.15) is 23.7 Å². The molecule has 1 aliphatic rings. The summed E-state index contributed by atoms with van der Waals surface area (Å²) in [4.78, 5) is 36.4. The average molecular weight is 549 g/mol. The number of amides is 2. The normalized spacial score (nSPS) is 18.5. The molecule has 1 saturated heterocycles. The molecular formula is C26H44N6O5Si. The summed E-state index contributed by atoms with van der Waals surface area (Å²) in [6.45, 7) is 16.8. The molecule has 0 saturated carbocycles. The van der Waals surface area contributed by atoms with Crippen LogP contribution in [0.15, 0.2) is 12.4 Å². The van der Waals surface area contributed by atoms with Gasteiger partial charge in [-0.2, -0.15) is 0 Å². The maximum Gasteiger partial charge on any atom is 0.410 e. The van der Waals surface area contributed by atoms with E-state index < -0.39 is 13.7 Å². The van der Waals surface area contributed by atoms with Crippen LogP contribution in [0.1, 0.15) is 44.5 Å². The number of hydrogen-bond acceptors (Lipinski definition) is 8. The molecule has 12 heteroatoms. The summed E-state index contributed by atoms with van der Waals surface area (Å²) in [5.41, 5.74) is 0.995. The number of anilines is 1. The summed E-state index contributed by atoms with van der Waals surface area (Å²) in [5, 5.41) is 6.27. The van der Waals surface area contributed by atoms with Crippen LogP contribution in [0, 0.1) is 0 Å². The van der Waals surface area contributed by atoms with Gasteiger partial charge in [0, 0.05) is 41.1 Å². The molecular weight excluding hydrogens is 504 g/mol. The first-order valence-electron chi connectivity index (χ1n) is 13.3. The van der Waals surface area contributed by atoms with E-state index in [2.05, 4.69) is 35.3 Å². The third-order valence-electron chi connectivity index (χ3n) is 6.22. The maximum absolute atomic E-state index is 12.8. The molecule has 2 N–H and O–H groups in total. The first-order chi connectivity index (χ1) is 17.8.